The van der Waals surface area contributed by atoms with Crippen LogP contribution in [0.4, 0.5) is 0 Å². The van der Waals surface area contributed by atoms with Gasteiger partial charge in [-0.3, -0.25) is 9.89 Å². The van der Waals surface area contributed by atoms with Crippen LogP contribution in [0, 0.1) is 5.41 Å². The van der Waals surface area contributed by atoms with Gasteiger partial charge in [0, 0.05) is 52.5 Å². The Morgan fingerprint density at radius 1 is 1.21 bits per heavy atom. The molecule has 156 valence electrons. The Kier molecular flexibility index (Phi) is 7.00. The standard InChI is InChI=1S/C23H38N4O/c1-22(2,27-14-10-19-8-5-6-9-20(19)16-27)17-25-21(24-3)26-18-23(11-7-12-23)13-15-28-4/h5-6,8-9H,7,10-18H2,1-4H3,(H2,24,25,26). The summed E-state index contributed by atoms with van der Waals surface area (Å²) in [5.41, 5.74) is 3.42. The van der Waals surface area contributed by atoms with E-state index < -0.39 is 0 Å². The predicted octanol–water partition coefficient (Wildman–Crippen LogP) is 3.20. The number of ether oxygens (including phenoxy) is 1. The number of nitrogens with one attached hydrogen (secondary N) is 2. The van der Waals surface area contributed by atoms with Crippen LogP contribution in [0.15, 0.2) is 29.3 Å². The molecule has 1 saturated carbocycles. The highest BCUT2D eigenvalue weighted by Gasteiger charge is 2.36. The van der Waals surface area contributed by atoms with Crippen molar-refractivity contribution in [3.05, 3.63) is 35.4 Å². The molecule has 1 fully saturated rings. The van der Waals surface area contributed by atoms with Gasteiger partial charge in [0.25, 0.3) is 0 Å². The molecule has 0 bridgehead atoms. The Morgan fingerprint density at radius 2 is 1.96 bits per heavy atom. The average Bonchev–Trinajstić information content (AvgIpc) is 2.68. The molecule has 0 aromatic heterocycles. The van der Waals surface area contributed by atoms with E-state index in [-0.39, 0.29) is 5.54 Å². The third-order valence-corrected chi connectivity index (χ3v) is 6.78. The lowest BCUT2D eigenvalue weighted by molar-refractivity contribution is 0.0730. The summed E-state index contributed by atoms with van der Waals surface area (Å²) in [4.78, 5) is 7.04. The lowest BCUT2D eigenvalue weighted by Crippen LogP contribution is -2.55. The minimum Gasteiger partial charge on any atom is -0.385 e. The molecule has 5 nitrogen and oxygen atoms in total. The highest BCUT2D eigenvalue weighted by Crippen LogP contribution is 2.43. The molecule has 1 aromatic carbocycles. The molecule has 2 N–H and O–H groups in total. The maximum absolute atomic E-state index is 5.31. The van der Waals surface area contributed by atoms with Gasteiger partial charge in [0.1, 0.15) is 0 Å². The molecule has 1 aliphatic carbocycles. The SMILES string of the molecule is CN=C(NCC1(CCOC)CCC1)NCC(C)(C)N1CCc2ccccc2C1. The van der Waals surface area contributed by atoms with E-state index >= 15 is 0 Å². The lowest BCUT2D eigenvalue weighted by Gasteiger charge is -2.43. The van der Waals surface area contributed by atoms with Crippen molar-refractivity contribution in [1.29, 1.82) is 0 Å². The van der Waals surface area contributed by atoms with Gasteiger partial charge in [0.2, 0.25) is 0 Å². The molecule has 0 atom stereocenters. The van der Waals surface area contributed by atoms with Gasteiger partial charge in [0.05, 0.1) is 0 Å². The molecule has 0 amide bonds. The van der Waals surface area contributed by atoms with Crippen molar-refractivity contribution in [2.24, 2.45) is 10.4 Å². The maximum atomic E-state index is 5.31. The van der Waals surface area contributed by atoms with Crippen LogP contribution in [-0.2, 0) is 17.7 Å². The van der Waals surface area contributed by atoms with E-state index in [0.717, 1.165) is 51.6 Å². The molecule has 0 saturated heterocycles. The van der Waals surface area contributed by atoms with Gasteiger partial charge in [-0.15, -0.1) is 0 Å². The molecule has 3 rings (SSSR count). The smallest absolute Gasteiger partial charge is 0.191 e. The quantitative estimate of drug-likeness (QED) is 0.532. The van der Waals surface area contributed by atoms with Crippen LogP contribution < -0.4 is 10.6 Å². The van der Waals surface area contributed by atoms with Crippen LogP contribution in [0.3, 0.4) is 0 Å². The van der Waals surface area contributed by atoms with Crippen molar-refractivity contribution in [3.8, 4) is 0 Å². The van der Waals surface area contributed by atoms with Crippen molar-refractivity contribution in [2.75, 3.05) is 40.4 Å². The van der Waals surface area contributed by atoms with E-state index in [4.69, 9.17) is 4.74 Å². The molecule has 0 radical (unpaired) electrons. The zero-order chi connectivity index (χ0) is 20.0. The van der Waals surface area contributed by atoms with Gasteiger partial charge in [0.15, 0.2) is 5.96 Å². The van der Waals surface area contributed by atoms with Gasteiger partial charge in [-0.2, -0.15) is 0 Å². The minimum absolute atomic E-state index is 0.0648. The summed E-state index contributed by atoms with van der Waals surface area (Å²) in [6.45, 7) is 9.49. The summed E-state index contributed by atoms with van der Waals surface area (Å²) in [7, 11) is 3.66. The van der Waals surface area contributed by atoms with Crippen molar-refractivity contribution in [1.82, 2.24) is 15.5 Å². The number of rotatable bonds is 8. The minimum atomic E-state index is 0.0648. The Labute approximate surface area is 170 Å². The van der Waals surface area contributed by atoms with Gasteiger partial charge < -0.3 is 15.4 Å². The second-order valence-electron chi connectivity index (χ2n) is 9.13. The maximum Gasteiger partial charge on any atom is 0.191 e. The molecule has 2 aliphatic rings. The Bertz CT molecular complexity index is 666. The molecule has 0 spiro atoms. The topological polar surface area (TPSA) is 48.9 Å². The van der Waals surface area contributed by atoms with E-state index in [9.17, 15) is 0 Å². The molecular weight excluding hydrogens is 348 g/mol. The monoisotopic (exact) mass is 386 g/mol. The third-order valence-electron chi connectivity index (χ3n) is 6.78. The van der Waals surface area contributed by atoms with Crippen LogP contribution in [-0.4, -0.2) is 56.8 Å². The van der Waals surface area contributed by atoms with Crippen molar-refractivity contribution >= 4 is 5.96 Å². The van der Waals surface area contributed by atoms with E-state index in [0.29, 0.717) is 5.41 Å². The second-order valence-corrected chi connectivity index (χ2v) is 9.13. The highest BCUT2D eigenvalue weighted by atomic mass is 16.5. The molecular formula is C23H38N4O. The zero-order valence-corrected chi connectivity index (χ0v) is 18.2. The van der Waals surface area contributed by atoms with Gasteiger partial charge in [-0.1, -0.05) is 30.7 Å². The first-order valence-electron chi connectivity index (χ1n) is 10.7. The number of hydrogen-bond acceptors (Lipinski definition) is 3. The molecule has 1 heterocycles. The summed E-state index contributed by atoms with van der Waals surface area (Å²) in [6, 6.07) is 8.84. The number of benzene rings is 1. The van der Waals surface area contributed by atoms with Gasteiger partial charge in [-0.25, -0.2) is 0 Å². The Hall–Kier alpha value is -1.59. The van der Waals surface area contributed by atoms with Crippen LogP contribution in [0.2, 0.25) is 0 Å². The van der Waals surface area contributed by atoms with Crippen LogP contribution in [0.5, 0.6) is 0 Å². The number of guanidine groups is 1. The van der Waals surface area contributed by atoms with Crippen molar-refractivity contribution in [3.63, 3.8) is 0 Å². The van der Waals surface area contributed by atoms with Crippen LogP contribution in [0.1, 0.15) is 50.7 Å². The van der Waals surface area contributed by atoms with E-state index in [1.807, 2.05) is 7.05 Å². The van der Waals surface area contributed by atoms with E-state index in [2.05, 4.69) is 58.6 Å². The third kappa shape index (κ3) is 5.06. The largest absolute Gasteiger partial charge is 0.385 e. The number of aliphatic imine (C=N–C) groups is 1. The number of methoxy groups -OCH3 is 1. The highest BCUT2D eigenvalue weighted by molar-refractivity contribution is 5.79. The first kappa shape index (κ1) is 21.1. The summed E-state index contributed by atoms with van der Waals surface area (Å²) >= 11 is 0. The van der Waals surface area contributed by atoms with Crippen LogP contribution >= 0.6 is 0 Å². The first-order chi connectivity index (χ1) is 13.5. The fourth-order valence-corrected chi connectivity index (χ4v) is 4.43. The molecule has 5 heteroatoms. The molecule has 1 aliphatic heterocycles. The Morgan fingerprint density at radius 3 is 2.61 bits per heavy atom. The zero-order valence-electron chi connectivity index (χ0n) is 18.2. The number of nitrogens with zero attached hydrogens (tertiary/aromatic N) is 2. The van der Waals surface area contributed by atoms with Crippen molar-refractivity contribution < 1.29 is 4.74 Å². The summed E-state index contributed by atoms with van der Waals surface area (Å²) in [6.07, 6.45) is 6.18. The lowest BCUT2D eigenvalue weighted by atomic mass is 9.67. The van der Waals surface area contributed by atoms with Gasteiger partial charge >= 0.3 is 0 Å². The Balaban J connectivity index is 1.50. The number of hydrogen-bond donors (Lipinski definition) is 2. The van der Waals surface area contributed by atoms with E-state index in [1.165, 1.54) is 30.4 Å². The first-order valence-corrected chi connectivity index (χ1v) is 10.7. The van der Waals surface area contributed by atoms with Gasteiger partial charge in [-0.05, 0) is 56.1 Å². The summed E-state index contributed by atoms with van der Waals surface area (Å²) in [5.74, 6) is 0.911. The van der Waals surface area contributed by atoms with E-state index in [1.54, 1.807) is 7.11 Å². The normalized spacial score (nSPS) is 19.6. The molecule has 0 unspecified atom stereocenters. The van der Waals surface area contributed by atoms with Crippen molar-refractivity contribution in [2.45, 2.75) is 58.0 Å². The average molecular weight is 387 g/mol. The van der Waals surface area contributed by atoms with Crippen LogP contribution in [0.25, 0.3) is 0 Å². The second kappa shape index (κ2) is 9.27. The summed E-state index contributed by atoms with van der Waals surface area (Å²) in [5, 5.41) is 7.15. The molecule has 28 heavy (non-hydrogen) atoms. The molecule has 1 aromatic rings. The predicted molar refractivity (Wildman–Crippen MR) is 117 cm³/mol. The fraction of sp³-hybridized carbons (Fsp3) is 0.696. The number of fused-ring (bicyclic) bond motifs is 1. The summed E-state index contributed by atoms with van der Waals surface area (Å²) < 4.78 is 5.31. The fourth-order valence-electron chi connectivity index (χ4n) is 4.43.